The zero-order chi connectivity index (χ0) is 12.0. The molecule has 1 aliphatic heterocycles. The number of nitrogens with zero attached hydrogens (tertiary/aromatic N) is 1. The van der Waals surface area contributed by atoms with E-state index in [1.165, 1.54) is 0 Å². The van der Waals surface area contributed by atoms with Crippen molar-refractivity contribution in [1.29, 1.82) is 0 Å². The second-order valence-electron chi connectivity index (χ2n) is 4.15. The van der Waals surface area contributed by atoms with E-state index in [2.05, 4.69) is 4.90 Å². The highest BCUT2D eigenvalue weighted by atomic mass is 16.6. The Morgan fingerprint density at radius 2 is 1.94 bits per heavy atom. The van der Waals surface area contributed by atoms with Crippen molar-refractivity contribution in [1.82, 2.24) is 4.90 Å². The molecule has 1 unspecified atom stereocenters. The molecule has 1 fully saturated rings. The summed E-state index contributed by atoms with van der Waals surface area (Å²) in [5.74, 6) is -0.303. The van der Waals surface area contributed by atoms with Gasteiger partial charge in [0.15, 0.2) is 6.10 Å². The van der Waals surface area contributed by atoms with Gasteiger partial charge in [-0.2, -0.15) is 0 Å². The van der Waals surface area contributed by atoms with Crippen molar-refractivity contribution in [3.63, 3.8) is 0 Å². The lowest BCUT2D eigenvalue weighted by molar-refractivity contribution is -0.164. The molecular weight excluding hydrogens is 210 g/mol. The Morgan fingerprint density at radius 1 is 1.31 bits per heavy atom. The van der Waals surface area contributed by atoms with Crippen LogP contribution in [-0.4, -0.2) is 56.1 Å². The van der Waals surface area contributed by atoms with Gasteiger partial charge in [0.25, 0.3) is 0 Å². The zero-order valence-corrected chi connectivity index (χ0v) is 10.3. The average Bonchev–Trinajstić information content (AvgIpc) is 2.26. The molecule has 0 N–H and O–H groups in total. The summed E-state index contributed by atoms with van der Waals surface area (Å²) < 4.78 is 15.7. The lowest BCUT2D eigenvalue weighted by atomic mass is 10.4. The first-order valence-corrected chi connectivity index (χ1v) is 5.72. The molecule has 0 aliphatic carbocycles. The number of morpholine rings is 1. The molecule has 1 atom stereocenters. The third kappa shape index (κ3) is 4.92. The molecule has 0 aromatic heterocycles. The van der Waals surface area contributed by atoms with Crippen molar-refractivity contribution >= 4 is 5.97 Å². The summed E-state index contributed by atoms with van der Waals surface area (Å²) in [5.41, 5.74) is 0. The van der Waals surface area contributed by atoms with E-state index in [-0.39, 0.29) is 12.1 Å². The summed E-state index contributed by atoms with van der Waals surface area (Å²) in [4.78, 5) is 13.5. The smallest absolute Gasteiger partial charge is 0.335 e. The molecule has 0 bridgehead atoms. The fourth-order valence-electron chi connectivity index (χ4n) is 1.34. The second kappa shape index (κ2) is 6.83. The molecule has 1 aliphatic rings. The van der Waals surface area contributed by atoms with E-state index >= 15 is 0 Å². The van der Waals surface area contributed by atoms with Gasteiger partial charge in [0, 0.05) is 13.1 Å². The topological polar surface area (TPSA) is 48.0 Å². The van der Waals surface area contributed by atoms with Gasteiger partial charge in [-0.3, -0.25) is 4.90 Å². The minimum atomic E-state index is -0.509. The quantitative estimate of drug-likeness (QED) is 0.650. The molecule has 5 nitrogen and oxygen atoms in total. The van der Waals surface area contributed by atoms with Gasteiger partial charge in [-0.25, -0.2) is 4.79 Å². The van der Waals surface area contributed by atoms with E-state index in [0.717, 1.165) is 26.3 Å². The Kier molecular flexibility index (Phi) is 5.73. The number of ether oxygens (including phenoxy) is 3. The van der Waals surface area contributed by atoms with E-state index < -0.39 is 6.10 Å². The highest BCUT2D eigenvalue weighted by Gasteiger charge is 2.18. The third-order valence-electron chi connectivity index (χ3n) is 2.29. The number of esters is 1. The Morgan fingerprint density at radius 3 is 2.50 bits per heavy atom. The predicted molar refractivity (Wildman–Crippen MR) is 59.0 cm³/mol. The molecule has 1 rings (SSSR count). The number of hydrogen-bond acceptors (Lipinski definition) is 5. The van der Waals surface area contributed by atoms with Crippen LogP contribution in [0.25, 0.3) is 0 Å². The van der Waals surface area contributed by atoms with Gasteiger partial charge in [0.1, 0.15) is 6.73 Å². The van der Waals surface area contributed by atoms with E-state index in [1.807, 2.05) is 13.8 Å². The monoisotopic (exact) mass is 231 g/mol. The fraction of sp³-hybridized carbons (Fsp3) is 0.909. The van der Waals surface area contributed by atoms with Crippen molar-refractivity contribution in [3.8, 4) is 0 Å². The lowest BCUT2D eigenvalue weighted by Crippen LogP contribution is -2.39. The molecule has 1 heterocycles. The number of hydrogen-bond donors (Lipinski definition) is 0. The van der Waals surface area contributed by atoms with Crippen LogP contribution >= 0.6 is 0 Å². The Balaban J connectivity index is 2.17. The van der Waals surface area contributed by atoms with Crippen molar-refractivity contribution in [2.24, 2.45) is 0 Å². The largest absolute Gasteiger partial charge is 0.461 e. The summed E-state index contributed by atoms with van der Waals surface area (Å²) >= 11 is 0. The van der Waals surface area contributed by atoms with Crippen LogP contribution < -0.4 is 0 Å². The average molecular weight is 231 g/mol. The minimum Gasteiger partial charge on any atom is -0.461 e. The predicted octanol–water partition coefficient (Wildman–Crippen LogP) is 0.633. The minimum absolute atomic E-state index is 0.0954. The highest BCUT2D eigenvalue weighted by molar-refractivity contribution is 5.74. The maximum Gasteiger partial charge on any atom is 0.335 e. The summed E-state index contributed by atoms with van der Waals surface area (Å²) in [7, 11) is 0. The van der Waals surface area contributed by atoms with E-state index in [4.69, 9.17) is 14.2 Å². The summed E-state index contributed by atoms with van der Waals surface area (Å²) in [6.07, 6.45) is -0.604. The maximum absolute atomic E-state index is 11.4. The molecular formula is C11H21NO4. The Hall–Kier alpha value is -0.650. The molecule has 0 spiro atoms. The van der Waals surface area contributed by atoms with E-state index in [1.54, 1.807) is 6.92 Å². The fourth-order valence-corrected chi connectivity index (χ4v) is 1.34. The van der Waals surface area contributed by atoms with Crippen LogP contribution in [0.1, 0.15) is 20.8 Å². The van der Waals surface area contributed by atoms with Gasteiger partial charge in [-0.1, -0.05) is 0 Å². The van der Waals surface area contributed by atoms with Crippen molar-refractivity contribution in [3.05, 3.63) is 0 Å². The second-order valence-corrected chi connectivity index (χ2v) is 4.15. The number of rotatable bonds is 5. The zero-order valence-electron chi connectivity index (χ0n) is 10.3. The van der Waals surface area contributed by atoms with Crippen LogP contribution in [-0.2, 0) is 19.0 Å². The first kappa shape index (κ1) is 13.4. The molecule has 0 aromatic carbocycles. The van der Waals surface area contributed by atoms with Gasteiger partial charge in [-0.05, 0) is 20.8 Å². The number of carbonyl (C=O) groups is 1. The molecule has 1 saturated heterocycles. The molecule has 5 heteroatoms. The van der Waals surface area contributed by atoms with Crippen molar-refractivity contribution in [2.75, 3.05) is 33.0 Å². The molecule has 16 heavy (non-hydrogen) atoms. The first-order chi connectivity index (χ1) is 7.59. The van der Waals surface area contributed by atoms with Crippen molar-refractivity contribution in [2.45, 2.75) is 33.0 Å². The first-order valence-electron chi connectivity index (χ1n) is 5.72. The summed E-state index contributed by atoms with van der Waals surface area (Å²) in [5, 5.41) is 0. The van der Waals surface area contributed by atoms with Gasteiger partial charge in [-0.15, -0.1) is 0 Å². The standard InChI is InChI=1S/C11H21NO4/c1-9(2)16-11(13)10(3)15-8-12-4-6-14-7-5-12/h9-10H,4-8H2,1-3H3. The Bertz CT molecular complexity index is 214. The van der Waals surface area contributed by atoms with Crippen LogP contribution in [0.15, 0.2) is 0 Å². The van der Waals surface area contributed by atoms with Crippen LogP contribution in [0.5, 0.6) is 0 Å². The third-order valence-corrected chi connectivity index (χ3v) is 2.29. The SMILES string of the molecule is CC(C)OC(=O)C(C)OCN1CCOCC1. The van der Waals surface area contributed by atoms with Crippen LogP contribution in [0.2, 0.25) is 0 Å². The highest BCUT2D eigenvalue weighted by Crippen LogP contribution is 2.02. The summed E-state index contributed by atoms with van der Waals surface area (Å²) in [6, 6.07) is 0. The number of carbonyl (C=O) groups excluding carboxylic acids is 1. The molecule has 0 saturated carbocycles. The van der Waals surface area contributed by atoms with Gasteiger partial charge < -0.3 is 14.2 Å². The van der Waals surface area contributed by atoms with Crippen LogP contribution in [0, 0.1) is 0 Å². The van der Waals surface area contributed by atoms with Gasteiger partial charge in [0.05, 0.1) is 19.3 Å². The van der Waals surface area contributed by atoms with Gasteiger partial charge in [0.2, 0.25) is 0 Å². The normalized spacial score (nSPS) is 19.8. The van der Waals surface area contributed by atoms with Gasteiger partial charge >= 0.3 is 5.97 Å². The Labute approximate surface area is 96.6 Å². The molecule has 0 radical (unpaired) electrons. The molecule has 0 aromatic rings. The molecule has 0 amide bonds. The van der Waals surface area contributed by atoms with E-state index in [9.17, 15) is 4.79 Å². The lowest BCUT2D eigenvalue weighted by Gasteiger charge is -2.27. The van der Waals surface area contributed by atoms with E-state index in [0.29, 0.717) is 6.73 Å². The molecule has 94 valence electrons. The van der Waals surface area contributed by atoms with Crippen molar-refractivity contribution < 1.29 is 19.0 Å². The van der Waals surface area contributed by atoms with Crippen LogP contribution in [0.4, 0.5) is 0 Å². The summed E-state index contributed by atoms with van der Waals surface area (Å²) in [6.45, 7) is 8.99. The maximum atomic E-state index is 11.4. The van der Waals surface area contributed by atoms with Crippen LogP contribution in [0.3, 0.4) is 0 Å².